The van der Waals surface area contributed by atoms with Crippen molar-refractivity contribution in [2.75, 3.05) is 0 Å². The number of hydrazine groups is 1. The lowest BCUT2D eigenvalue weighted by Gasteiger charge is -2.25. The summed E-state index contributed by atoms with van der Waals surface area (Å²) in [5.74, 6) is 0.227. The van der Waals surface area contributed by atoms with Crippen LogP contribution in [-0.4, -0.2) is 22.9 Å². The maximum Gasteiger partial charge on any atom is 0.241 e. The Morgan fingerprint density at radius 2 is 2.00 bits per heavy atom. The lowest BCUT2D eigenvalue weighted by Crippen LogP contribution is -2.46. The van der Waals surface area contributed by atoms with E-state index >= 15 is 0 Å². The Morgan fingerprint density at radius 3 is 2.70 bits per heavy atom. The molecule has 2 N–H and O–H groups in total. The van der Waals surface area contributed by atoms with E-state index in [1.165, 1.54) is 11.1 Å². The highest BCUT2D eigenvalue weighted by atomic mass is 32.1. The number of carbonyl (C=O) groups is 1. The molecule has 120 valence electrons. The predicted octanol–water partition coefficient (Wildman–Crippen LogP) is 2.85. The Kier molecular flexibility index (Phi) is 4.16. The first-order valence-electron chi connectivity index (χ1n) is 8.19. The fourth-order valence-electron chi connectivity index (χ4n) is 3.17. The molecule has 1 saturated heterocycles. The minimum absolute atomic E-state index is 0.139. The molecule has 5 heteroatoms. The Morgan fingerprint density at radius 1 is 1.17 bits per heavy atom. The minimum Gasteiger partial charge on any atom is -0.334 e. The number of carbonyl (C=O) groups excluding carboxylic acids is 1. The third-order valence-corrected chi connectivity index (χ3v) is 5.34. The first-order chi connectivity index (χ1) is 11.3. The van der Waals surface area contributed by atoms with E-state index < -0.39 is 0 Å². The molecule has 1 aliphatic heterocycles. The summed E-state index contributed by atoms with van der Waals surface area (Å²) >= 11 is 1.69. The molecule has 1 amide bonds. The molecule has 1 aromatic heterocycles. The molecule has 0 bridgehead atoms. The first kappa shape index (κ1) is 14.9. The first-order valence-corrected chi connectivity index (χ1v) is 9.13. The lowest BCUT2D eigenvalue weighted by molar-refractivity contribution is -0.134. The fourth-order valence-corrected chi connectivity index (χ4v) is 3.83. The number of hydrogen-bond acceptors (Lipinski definition) is 4. The van der Waals surface area contributed by atoms with E-state index in [1.807, 2.05) is 18.2 Å². The number of amides is 1. The van der Waals surface area contributed by atoms with Gasteiger partial charge in [0, 0.05) is 18.6 Å². The lowest BCUT2D eigenvalue weighted by atomic mass is 10.0. The van der Waals surface area contributed by atoms with Crippen LogP contribution in [0.3, 0.4) is 0 Å². The van der Waals surface area contributed by atoms with Gasteiger partial charge in [-0.1, -0.05) is 30.3 Å². The summed E-state index contributed by atoms with van der Waals surface area (Å²) in [5, 5.41) is 4.21. The third kappa shape index (κ3) is 3.32. The van der Waals surface area contributed by atoms with Crippen molar-refractivity contribution in [2.24, 2.45) is 0 Å². The molecule has 4 nitrogen and oxygen atoms in total. The summed E-state index contributed by atoms with van der Waals surface area (Å²) in [6, 6.07) is 12.9. The molecule has 2 aromatic rings. The molecule has 0 radical (unpaired) electrons. The van der Waals surface area contributed by atoms with Gasteiger partial charge < -0.3 is 4.90 Å². The van der Waals surface area contributed by atoms with Crippen LogP contribution in [0.25, 0.3) is 0 Å². The quantitative estimate of drug-likeness (QED) is 0.887. The molecule has 23 heavy (non-hydrogen) atoms. The van der Waals surface area contributed by atoms with Gasteiger partial charge in [-0.3, -0.25) is 4.79 Å². The molecule has 2 atom stereocenters. The molecule has 0 spiro atoms. The highest BCUT2D eigenvalue weighted by Crippen LogP contribution is 2.31. The van der Waals surface area contributed by atoms with Gasteiger partial charge in [-0.05, 0) is 47.2 Å². The summed E-state index contributed by atoms with van der Waals surface area (Å²) in [6.45, 7) is 0.737. The van der Waals surface area contributed by atoms with Crippen LogP contribution in [0.15, 0.2) is 47.2 Å². The van der Waals surface area contributed by atoms with Crippen molar-refractivity contribution in [2.45, 2.75) is 43.9 Å². The van der Waals surface area contributed by atoms with E-state index in [9.17, 15) is 4.79 Å². The SMILES string of the molecule is O=C(C1CC(c2ccccc2)NN1)N(Cc1ccsc1)C1CC1. The van der Waals surface area contributed by atoms with Crippen molar-refractivity contribution in [1.29, 1.82) is 0 Å². The van der Waals surface area contributed by atoms with Crippen molar-refractivity contribution in [1.82, 2.24) is 15.8 Å². The standard InChI is InChI=1S/C18H21N3OS/c22-18(21(15-6-7-15)11-13-8-9-23-12-13)17-10-16(19-20-17)14-4-2-1-3-5-14/h1-5,8-9,12,15-17,19-20H,6-7,10-11H2. The molecule has 2 aliphatic rings. The molecule has 1 aliphatic carbocycles. The second kappa shape index (κ2) is 6.43. The average molecular weight is 327 g/mol. The van der Waals surface area contributed by atoms with E-state index in [0.29, 0.717) is 6.04 Å². The Balaban J connectivity index is 1.43. The van der Waals surface area contributed by atoms with Crippen LogP contribution in [-0.2, 0) is 11.3 Å². The zero-order chi connectivity index (χ0) is 15.6. The largest absolute Gasteiger partial charge is 0.334 e. The van der Waals surface area contributed by atoms with Gasteiger partial charge in [-0.15, -0.1) is 0 Å². The number of rotatable bonds is 5. The highest BCUT2D eigenvalue weighted by Gasteiger charge is 2.38. The van der Waals surface area contributed by atoms with Gasteiger partial charge in [0.1, 0.15) is 6.04 Å². The Labute approximate surface area is 140 Å². The fraction of sp³-hybridized carbons (Fsp3) is 0.389. The normalized spacial score (nSPS) is 23.8. The predicted molar refractivity (Wildman–Crippen MR) is 91.8 cm³/mol. The molecule has 2 heterocycles. The van der Waals surface area contributed by atoms with Crippen molar-refractivity contribution >= 4 is 17.2 Å². The topological polar surface area (TPSA) is 44.4 Å². The van der Waals surface area contributed by atoms with Crippen LogP contribution in [0, 0.1) is 0 Å². The van der Waals surface area contributed by atoms with Crippen LogP contribution in [0.5, 0.6) is 0 Å². The number of nitrogens with one attached hydrogen (secondary N) is 2. The third-order valence-electron chi connectivity index (χ3n) is 4.61. The summed E-state index contributed by atoms with van der Waals surface area (Å²) in [4.78, 5) is 15.0. The van der Waals surface area contributed by atoms with Crippen LogP contribution in [0.2, 0.25) is 0 Å². The maximum absolute atomic E-state index is 13.0. The maximum atomic E-state index is 13.0. The van der Waals surface area contributed by atoms with Gasteiger partial charge in [0.25, 0.3) is 0 Å². The second-order valence-electron chi connectivity index (χ2n) is 6.37. The van der Waals surface area contributed by atoms with E-state index in [2.05, 4.69) is 44.7 Å². The van der Waals surface area contributed by atoms with Crippen LogP contribution in [0.4, 0.5) is 0 Å². The molecular formula is C18H21N3OS. The molecule has 2 unspecified atom stereocenters. The second-order valence-corrected chi connectivity index (χ2v) is 7.15. The Bertz CT molecular complexity index is 654. The summed E-state index contributed by atoms with van der Waals surface area (Å²) in [5.41, 5.74) is 8.96. The molecular weight excluding hydrogens is 306 g/mol. The zero-order valence-corrected chi connectivity index (χ0v) is 13.8. The number of benzene rings is 1. The zero-order valence-electron chi connectivity index (χ0n) is 12.9. The number of thiophene rings is 1. The van der Waals surface area contributed by atoms with Crippen molar-refractivity contribution in [3.8, 4) is 0 Å². The molecule has 1 aromatic carbocycles. The van der Waals surface area contributed by atoms with Gasteiger partial charge in [0.2, 0.25) is 5.91 Å². The van der Waals surface area contributed by atoms with E-state index in [-0.39, 0.29) is 18.0 Å². The van der Waals surface area contributed by atoms with E-state index in [0.717, 1.165) is 25.8 Å². The molecule has 2 fully saturated rings. The van der Waals surface area contributed by atoms with Crippen LogP contribution in [0.1, 0.15) is 36.4 Å². The molecule has 4 rings (SSSR count). The monoisotopic (exact) mass is 327 g/mol. The van der Waals surface area contributed by atoms with Crippen LogP contribution >= 0.6 is 11.3 Å². The van der Waals surface area contributed by atoms with Gasteiger partial charge >= 0.3 is 0 Å². The number of nitrogens with zero attached hydrogens (tertiary/aromatic N) is 1. The minimum atomic E-state index is -0.139. The molecule has 1 saturated carbocycles. The van der Waals surface area contributed by atoms with Crippen molar-refractivity contribution < 1.29 is 4.79 Å². The summed E-state index contributed by atoms with van der Waals surface area (Å²) < 4.78 is 0. The summed E-state index contributed by atoms with van der Waals surface area (Å²) in [6.07, 6.45) is 3.08. The highest BCUT2D eigenvalue weighted by molar-refractivity contribution is 7.07. The Hall–Kier alpha value is -1.69. The van der Waals surface area contributed by atoms with Gasteiger partial charge in [0.05, 0.1) is 0 Å². The summed E-state index contributed by atoms with van der Waals surface area (Å²) in [7, 11) is 0. The van der Waals surface area contributed by atoms with Crippen molar-refractivity contribution in [3.05, 3.63) is 58.3 Å². The smallest absolute Gasteiger partial charge is 0.241 e. The van der Waals surface area contributed by atoms with E-state index in [4.69, 9.17) is 0 Å². The van der Waals surface area contributed by atoms with Crippen LogP contribution < -0.4 is 10.9 Å². The van der Waals surface area contributed by atoms with Gasteiger partial charge in [0.15, 0.2) is 0 Å². The number of hydrogen-bond donors (Lipinski definition) is 2. The average Bonchev–Trinajstić information content (AvgIpc) is 3.10. The van der Waals surface area contributed by atoms with Gasteiger partial charge in [-0.25, -0.2) is 10.9 Å². The van der Waals surface area contributed by atoms with E-state index in [1.54, 1.807) is 11.3 Å². The van der Waals surface area contributed by atoms with Crippen molar-refractivity contribution in [3.63, 3.8) is 0 Å². The van der Waals surface area contributed by atoms with Gasteiger partial charge in [-0.2, -0.15) is 11.3 Å².